The summed E-state index contributed by atoms with van der Waals surface area (Å²) in [6.45, 7) is 1.55. The quantitative estimate of drug-likeness (QED) is 0.321. The van der Waals surface area contributed by atoms with E-state index < -0.39 is 13.7 Å². The number of hydrogen-bond acceptors (Lipinski definition) is 4. The van der Waals surface area contributed by atoms with Crippen LogP contribution in [-0.2, 0) is 9.09 Å². The molecule has 0 aromatic heterocycles. The van der Waals surface area contributed by atoms with E-state index >= 15 is 0 Å². The fourth-order valence-electron chi connectivity index (χ4n) is 0.286. The Balaban J connectivity index is 4.02. The second-order valence-electron chi connectivity index (χ2n) is 1.89. The van der Waals surface area contributed by atoms with E-state index in [0.717, 1.165) is 0 Å². The van der Waals surface area contributed by atoms with E-state index in [4.69, 9.17) is 21.3 Å². The molecule has 6 nitrogen and oxygen atoms in total. The average molecular weight is 170 g/mol. The summed E-state index contributed by atoms with van der Waals surface area (Å²) in [6, 6.07) is 0. The van der Waals surface area contributed by atoms with Crippen molar-refractivity contribution in [3.05, 3.63) is 0 Å². The normalized spacial score (nSPS) is 13.7. The summed E-state index contributed by atoms with van der Waals surface area (Å²) in [6.07, 6.45) is 0.123. The lowest BCUT2D eigenvalue weighted by Gasteiger charge is -2.22. The van der Waals surface area contributed by atoms with Gasteiger partial charge < -0.3 is 9.79 Å². The maximum atomic E-state index is 10.1. The Morgan fingerprint density at radius 3 is 2.10 bits per heavy atom. The number of phosphoric acid groups is 1. The van der Waals surface area contributed by atoms with Crippen LogP contribution in [0.4, 0.5) is 0 Å². The highest BCUT2D eigenvalue weighted by Crippen LogP contribution is 2.38. The van der Waals surface area contributed by atoms with Crippen LogP contribution in [0.2, 0.25) is 0 Å². The standard InChI is InChI=1S/C3H11N2O4P/c1-2-3(4,5)9-10(6,7)8/h2,4-5H2,1H3,(H2,6,7,8). The molecular weight excluding hydrogens is 159 g/mol. The van der Waals surface area contributed by atoms with Gasteiger partial charge in [0, 0.05) is 6.42 Å². The third-order valence-electron chi connectivity index (χ3n) is 0.841. The van der Waals surface area contributed by atoms with Crippen LogP contribution in [0.5, 0.6) is 0 Å². The Hall–Kier alpha value is 0.0300. The molecule has 10 heavy (non-hydrogen) atoms. The van der Waals surface area contributed by atoms with E-state index in [9.17, 15) is 4.57 Å². The molecule has 0 aliphatic rings. The third kappa shape index (κ3) is 4.87. The van der Waals surface area contributed by atoms with E-state index in [0.29, 0.717) is 0 Å². The minimum absolute atomic E-state index is 0.123. The SMILES string of the molecule is CCC(N)(N)OP(=O)(O)O. The van der Waals surface area contributed by atoms with Crippen LogP contribution in [0.25, 0.3) is 0 Å². The highest BCUT2D eigenvalue weighted by molar-refractivity contribution is 7.46. The van der Waals surface area contributed by atoms with Crippen molar-refractivity contribution in [2.75, 3.05) is 0 Å². The fraction of sp³-hybridized carbons (Fsp3) is 1.00. The van der Waals surface area contributed by atoms with Crippen LogP contribution in [0.1, 0.15) is 13.3 Å². The molecule has 62 valence electrons. The summed E-state index contributed by atoms with van der Waals surface area (Å²) in [5.74, 6) is -1.74. The second kappa shape index (κ2) is 2.96. The van der Waals surface area contributed by atoms with E-state index in [1.165, 1.54) is 0 Å². The summed E-state index contributed by atoms with van der Waals surface area (Å²) in [5, 5.41) is 0. The summed E-state index contributed by atoms with van der Waals surface area (Å²) in [7, 11) is -4.55. The molecule has 0 saturated heterocycles. The van der Waals surface area contributed by atoms with Gasteiger partial charge in [-0.25, -0.2) is 4.57 Å². The van der Waals surface area contributed by atoms with Gasteiger partial charge in [0.15, 0.2) is 5.85 Å². The van der Waals surface area contributed by atoms with Crippen molar-refractivity contribution >= 4 is 7.82 Å². The van der Waals surface area contributed by atoms with Crippen molar-refractivity contribution in [2.45, 2.75) is 19.2 Å². The lowest BCUT2D eigenvalue weighted by molar-refractivity contribution is 0.0412. The average Bonchev–Trinajstić information content (AvgIpc) is 1.60. The zero-order valence-electron chi connectivity index (χ0n) is 5.52. The van der Waals surface area contributed by atoms with Gasteiger partial charge in [0.2, 0.25) is 0 Å². The van der Waals surface area contributed by atoms with Gasteiger partial charge >= 0.3 is 7.82 Å². The zero-order chi connectivity index (χ0) is 8.41. The van der Waals surface area contributed by atoms with E-state index in [1.54, 1.807) is 6.92 Å². The van der Waals surface area contributed by atoms with Gasteiger partial charge in [-0.2, -0.15) is 0 Å². The van der Waals surface area contributed by atoms with Crippen LogP contribution in [-0.4, -0.2) is 15.6 Å². The van der Waals surface area contributed by atoms with E-state index in [-0.39, 0.29) is 6.42 Å². The molecule has 6 N–H and O–H groups in total. The summed E-state index contributed by atoms with van der Waals surface area (Å²) in [5.41, 5.74) is 10.1. The minimum Gasteiger partial charge on any atom is -0.303 e. The molecule has 0 saturated carbocycles. The first-order valence-electron chi connectivity index (χ1n) is 2.61. The topological polar surface area (TPSA) is 119 Å². The highest BCUT2D eigenvalue weighted by atomic mass is 31.2. The number of rotatable bonds is 3. The first-order chi connectivity index (χ1) is 4.27. The van der Waals surface area contributed by atoms with E-state index in [1.807, 2.05) is 0 Å². The Morgan fingerprint density at radius 2 is 2.00 bits per heavy atom. The first-order valence-corrected chi connectivity index (χ1v) is 4.14. The monoisotopic (exact) mass is 170 g/mol. The first kappa shape index (κ1) is 10.0. The fourth-order valence-corrected chi connectivity index (χ4v) is 0.858. The smallest absolute Gasteiger partial charge is 0.303 e. The number of phosphoric ester groups is 1. The van der Waals surface area contributed by atoms with Gasteiger partial charge in [0.25, 0.3) is 0 Å². The summed E-state index contributed by atoms with van der Waals surface area (Å²) < 4.78 is 14.1. The lowest BCUT2D eigenvalue weighted by atomic mass is 10.3. The molecule has 0 aliphatic heterocycles. The van der Waals surface area contributed by atoms with Crippen LogP contribution in [0.15, 0.2) is 0 Å². The van der Waals surface area contributed by atoms with Crippen molar-refractivity contribution in [3.8, 4) is 0 Å². The molecule has 0 spiro atoms. The maximum Gasteiger partial charge on any atom is 0.472 e. The van der Waals surface area contributed by atoms with Crippen LogP contribution in [0.3, 0.4) is 0 Å². The van der Waals surface area contributed by atoms with Crippen molar-refractivity contribution in [2.24, 2.45) is 11.5 Å². The second-order valence-corrected chi connectivity index (χ2v) is 3.05. The summed E-state index contributed by atoms with van der Waals surface area (Å²) in [4.78, 5) is 16.4. The maximum absolute atomic E-state index is 10.1. The predicted octanol–water partition coefficient (Wildman–Crippen LogP) is -0.923. The lowest BCUT2D eigenvalue weighted by Crippen LogP contribution is -2.50. The molecule has 0 radical (unpaired) electrons. The molecule has 0 fully saturated rings. The number of nitrogens with two attached hydrogens (primary N) is 2. The molecule has 0 atom stereocenters. The Labute approximate surface area is 58.4 Å². The molecule has 0 aliphatic carbocycles. The van der Waals surface area contributed by atoms with Crippen molar-refractivity contribution in [3.63, 3.8) is 0 Å². The molecule has 0 rings (SSSR count). The van der Waals surface area contributed by atoms with Crippen LogP contribution >= 0.6 is 7.82 Å². The Bertz CT molecular complexity index is 153. The van der Waals surface area contributed by atoms with Gasteiger partial charge in [-0.05, 0) is 0 Å². The van der Waals surface area contributed by atoms with Gasteiger partial charge in [-0.1, -0.05) is 6.92 Å². The molecule has 0 aromatic rings. The molecule has 0 amide bonds. The molecule has 0 heterocycles. The van der Waals surface area contributed by atoms with Crippen molar-refractivity contribution < 1.29 is 18.9 Å². The van der Waals surface area contributed by atoms with Gasteiger partial charge in [-0.15, -0.1) is 0 Å². The predicted molar refractivity (Wildman–Crippen MR) is 34.5 cm³/mol. The molecule has 0 unspecified atom stereocenters. The minimum atomic E-state index is -4.55. The van der Waals surface area contributed by atoms with Gasteiger partial charge in [-0.3, -0.25) is 16.0 Å². The molecule has 0 aromatic carbocycles. The van der Waals surface area contributed by atoms with E-state index in [2.05, 4.69) is 4.52 Å². The summed E-state index contributed by atoms with van der Waals surface area (Å²) >= 11 is 0. The van der Waals surface area contributed by atoms with Gasteiger partial charge in [0.1, 0.15) is 0 Å². The van der Waals surface area contributed by atoms with Gasteiger partial charge in [0.05, 0.1) is 0 Å². The molecule has 0 bridgehead atoms. The Kier molecular flexibility index (Phi) is 2.97. The van der Waals surface area contributed by atoms with Crippen LogP contribution in [0, 0.1) is 0 Å². The zero-order valence-corrected chi connectivity index (χ0v) is 6.41. The molecule has 7 heteroatoms. The van der Waals surface area contributed by atoms with Crippen LogP contribution < -0.4 is 11.5 Å². The number of hydrogen-bond donors (Lipinski definition) is 4. The third-order valence-corrected chi connectivity index (χ3v) is 1.42. The largest absolute Gasteiger partial charge is 0.472 e. The van der Waals surface area contributed by atoms with Crippen molar-refractivity contribution in [1.29, 1.82) is 0 Å². The molecular formula is C3H11N2O4P. The van der Waals surface area contributed by atoms with Crippen molar-refractivity contribution in [1.82, 2.24) is 0 Å². The highest BCUT2D eigenvalue weighted by Gasteiger charge is 2.28. The Morgan fingerprint density at radius 1 is 1.60 bits per heavy atom.